The van der Waals surface area contributed by atoms with Gasteiger partial charge in [-0.15, -0.1) is 0 Å². The summed E-state index contributed by atoms with van der Waals surface area (Å²) in [7, 11) is 1.52. The second kappa shape index (κ2) is 11.8. The number of methoxy groups -OCH3 is 1. The van der Waals surface area contributed by atoms with Crippen LogP contribution in [-0.4, -0.2) is 41.9 Å². The summed E-state index contributed by atoms with van der Waals surface area (Å²) in [5.74, 6) is -1.81. The van der Waals surface area contributed by atoms with Crippen molar-refractivity contribution in [3.05, 3.63) is 89.5 Å². The fourth-order valence-corrected chi connectivity index (χ4v) is 4.65. The molecule has 0 aliphatic carbocycles. The third-order valence-electron chi connectivity index (χ3n) is 6.51. The number of hydrogen-bond acceptors (Lipinski definition) is 5. The number of amides is 3. The van der Waals surface area contributed by atoms with Gasteiger partial charge in [0.05, 0.1) is 30.9 Å². The van der Waals surface area contributed by atoms with Crippen LogP contribution in [0.2, 0.25) is 0 Å². The Labute approximate surface area is 226 Å². The summed E-state index contributed by atoms with van der Waals surface area (Å²) in [5.41, 5.74) is 2.00. The molecule has 39 heavy (non-hydrogen) atoms. The van der Waals surface area contributed by atoms with Crippen molar-refractivity contribution in [1.82, 2.24) is 5.32 Å². The van der Waals surface area contributed by atoms with Gasteiger partial charge in [-0.3, -0.25) is 19.3 Å². The van der Waals surface area contributed by atoms with Crippen molar-refractivity contribution >= 4 is 35.1 Å². The number of hydrogen-bond donors (Lipinski definition) is 3. The first-order valence-electron chi connectivity index (χ1n) is 12.7. The minimum atomic E-state index is -1.12. The van der Waals surface area contributed by atoms with E-state index in [1.54, 1.807) is 35.2 Å². The molecule has 1 aliphatic rings. The Morgan fingerprint density at radius 3 is 2.44 bits per heavy atom. The molecule has 0 fully saturated rings. The van der Waals surface area contributed by atoms with Crippen molar-refractivity contribution in [2.75, 3.05) is 17.3 Å². The van der Waals surface area contributed by atoms with E-state index in [4.69, 9.17) is 4.74 Å². The van der Waals surface area contributed by atoms with Gasteiger partial charge in [0, 0.05) is 11.1 Å². The van der Waals surface area contributed by atoms with E-state index in [-0.39, 0.29) is 41.8 Å². The van der Waals surface area contributed by atoms with Gasteiger partial charge in [0.2, 0.25) is 5.91 Å². The van der Waals surface area contributed by atoms with Crippen LogP contribution in [-0.2, 0) is 9.59 Å². The number of ether oxygens (including phenoxy) is 1. The Morgan fingerprint density at radius 1 is 1.03 bits per heavy atom. The van der Waals surface area contributed by atoms with E-state index in [9.17, 15) is 24.3 Å². The summed E-state index contributed by atoms with van der Waals surface area (Å²) in [5, 5.41) is 14.9. The monoisotopic (exact) mass is 529 g/mol. The number of fused-ring (bicyclic) bond motifs is 1. The zero-order valence-corrected chi connectivity index (χ0v) is 22.0. The van der Waals surface area contributed by atoms with Gasteiger partial charge in [0.1, 0.15) is 11.8 Å². The number of benzene rings is 3. The molecule has 2 unspecified atom stereocenters. The van der Waals surface area contributed by atoms with Crippen LogP contribution >= 0.6 is 0 Å². The fourth-order valence-electron chi connectivity index (χ4n) is 4.65. The zero-order valence-electron chi connectivity index (χ0n) is 22.0. The first-order valence-corrected chi connectivity index (χ1v) is 12.7. The van der Waals surface area contributed by atoms with Crippen molar-refractivity contribution in [2.45, 2.75) is 38.8 Å². The number of aliphatic carboxylic acids is 1. The molecule has 0 spiro atoms. The van der Waals surface area contributed by atoms with Crippen molar-refractivity contribution in [2.24, 2.45) is 5.92 Å². The van der Waals surface area contributed by atoms with Gasteiger partial charge in [0.25, 0.3) is 11.8 Å². The van der Waals surface area contributed by atoms with Crippen LogP contribution in [0.1, 0.15) is 59.0 Å². The van der Waals surface area contributed by atoms with Crippen molar-refractivity contribution in [3.63, 3.8) is 0 Å². The Morgan fingerprint density at radius 2 is 1.77 bits per heavy atom. The number of rotatable bonds is 8. The van der Waals surface area contributed by atoms with E-state index >= 15 is 0 Å². The predicted octanol–water partition coefficient (Wildman–Crippen LogP) is 4.65. The van der Waals surface area contributed by atoms with E-state index in [0.717, 1.165) is 5.56 Å². The molecule has 9 nitrogen and oxygen atoms in total. The van der Waals surface area contributed by atoms with Gasteiger partial charge in [-0.1, -0.05) is 50.2 Å². The molecule has 0 saturated carbocycles. The summed E-state index contributed by atoms with van der Waals surface area (Å²) >= 11 is 0. The predicted molar refractivity (Wildman–Crippen MR) is 147 cm³/mol. The van der Waals surface area contributed by atoms with Gasteiger partial charge in [-0.25, -0.2) is 4.79 Å². The first kappa shape index (κ1) is 27.4. The second-order valence-electron chi connectivity index (χ2n) is 9.81. The lowest BCUT2D eigenvalue weighted by molar-refractivity contribution is -0.139. The molecule has 0 bridgehead atoms. The lowest BCUT2D eigenvalue weighted by Gasteiger charge is -2.31. The third-order valence-corrected chi connectivity index (χ3v) is 6.51. The van der Waals surface area contributed by atoms with Crippen LogP contribution in [0.25, 0.3) is 0 Å². The standard InChI is InChI=1S/C30H31N3O6/c1-18(2)14-24(30(37)38)32-28(35)20-12-13-25-23(16-20)31-27(34)17-26(19-8-5-4-6-9-19)33(25)29(36)21-10-7-11-22(15-21)39-3/h4-13,15-16,18,24,26H,14,17H2,1-3H3,(H,31,34)(H,32,35)(H,37,38). The number of nitrogens with zero attached hydrogens (tertiary/aromatic N) is 1. The van der Waals surface area contributed by atoms with E-state index in [2.05, 4.69) is 10.6 Å². The molecule has 1 aliphatic heterocycles. The number of anilines is 2. The molecule has 1 heterocycles. The summed E-state index contributed by atoms with van der Waals surface area (Å²) in [6, 6.07) is 18.9. The highest BCUT2D eigenvalue weighted by atomic mass is 16.5. The number of nitrogens with one attached hydrogen (secondary N) is 2. The molecule has 3 N–H and O–H groups in total. The summed E-state index contributed by atoms with van der Waals surface area (Å²) < 4.78 is 5.31. The number of carbonyl (C=O) groups is 4. The molecule has 3 amide bonds. The van der Waals surface area contributed by atoms with E-state index in [1.807, 2.05) is 44.2 Å². The second-order valence-corrected chi connectivity index (χ2v) is 9.81. The largest absolute Gasteiger partial charge is 0.497 e. The topological polar surface area (TPSA) is 125 Å². The normalized spacial score (nSPS) is 15.5. The van der Waals surface area contributed by atoms with Crippen LogP contribution in [0.15, 0.2) is 72.8 Å². The Balaban J connectivity index is 1.77. The van der Waals surface area contributed by atoms with Gasteiger partial charge in [-0.2, -0.15) is 0 Å². The zero-order chi connectivity index (χ0) is 28.1. The van der Waals surface area contributed by atoms with Gasteiger partial charge < -0.3 is 20.5 Å². The third kappa shape index (κ3) is 6.26. The van der Waals surface area contributed by atoms with Gasteiger partial charge in [-0.05, 0) is 54.3 Å². The smallest absolute Gasteiger partial charge is 0.326 e. The number of carboxylic acid groups (broad SMARTS) is 1. The maximum absolute atomic E-state index is 14.0. The van der Waals surface area contributed by atoms with Crippen LogP contribution in [0.4, 0.5) is 11.4 Å². The maximum atomic E-state index is 14.0. The summed E-state index contributed by atoms with van der Waals surface area (Å²) in [4.78, 5) is 53.3. The van der Waals surface area contributed by atoms with Gasteiger partial charge in [0.15, 0.2) is 0 Å². The summed E-state index contributed by atoms with van der Waals surface area (Å²) in [6.45, 7) is 3.74. The van der Waals surface area contributed by atoms with Crippen LogP contribution in [0, 0.1) is 5.92 Å². The molecular formula is C30H31N3O6. The van der Waals surface area contributed by atoms with E-state index in [0.29, 0.717) is 17.0 Å². The minimum absolute atomic E-state index is 0.00852. The highest BCUT2D eigenvalue weighted by molar-refractivity contribution is 6.12. The maximum Gasteiger partial charge on any atom is 0.326 e. The van der Waals surface area contributed by atoms with Crippen molar-refractivity contribution in [3.8, 4) is 5.75 Å². The SMILES string of the molecule is COc1cccc(C(=O)N2c3ccc(C(=O)NC(CC(C)C)C(=O)O)cc3NC(=O)CC2c2ccccc2)c1. The number of carbonyl (C=O) groups excluding carboxylic acids is 3. The minimum Gasteiger partial charge on any atom is -0.497 e. The lowest BCUT2D eigenvalue weighted by atomic mass is 9.99. The molecule has 9 heteroatoms. The van der Waals surface area contributed by atoms with Crippen LogP contribution < -0.4 is 20.3 Å². The molecule has 0 saturated heterocycles. The van der Waals surface area contributed by atoms with Crippen molar-refractivity contribution < 1.29 is 29.0 Å². The quantitative estimate of drug-likeness (QED) is 0.390. The Bertz CT molecular complexity index is 1390. The highest BCUT2D eigenvalue weighted by Crippen LogP contribution is 2.40. The molecule has 202 valence electrons. The number of carboxylic acids is 1. The fraction of sp³-hybridized carbons (Fsp3) is 0.267. The van der Waals surface area contributed by atoms with E-state index in [1.165, 1.54) is 19.2 Å². The van der Waals surface area contributed by atoms with E-state index < -0.39 is 24.0 Å². The highest BCUT2D eigenvalue weighted by Gasteiger charge is 2.35. The molecule has 0 radical (unpaired) electrons. The average molecular weight is 530 g/mol. The van der Waals surface area contributed by atoms with Crippen LogP contribution in [0.5, 0.6) is 5.75 Å². The summed E-state index contributed by atoms with van der Waals surface area (Å²) in [6.07, 6.45) is 0.260. The molecule has 0 aromatic heterocycles. The lowest BCUT2D eigenvalue weighted by Crippen LogP contribution is -2.41. The van der Waals surface area contributed by atoms with Crippen molar-refractivity contribution in [1.29, 1.82) is 0 Å². The molecule has 4 rings (SSSR count). The first-order chi connectivity index (χ1) is 18.7. The molecular weight excluding hydrogens is 498 g/mol. The average Bonchev–Trinajstić information content (AvgIpc) is 3.07. The molecule has 3 aromatic carbocycles. The Hall–Kier alpha value is -4.66. The Kier molecular flexibility index (Phi) is 8.29. The molecule has 3 aromatic rings. The molecule has 2 atom stereocenters. The van der Waals surface area contributed by atoms with Gasteiger partial charge >= 0.3 is 5.97 Å². The van der Waals surface area contributed by atoms with Crippen LogP contribution in [0.3, 0.4) is 0 Å².